The second-order valence-electron chi connectivity index (χ2n) is 4.70. The van der Waals surface area contributed by atoms with E-state index in [0.717, 1.165) is 0 Å². The van der Waals surface area contributed by atoms with Crippen LogP contribution in [0, 0.1) is 0 Å². The minimum atomic E-state index is 0.428. The lowest BCUT2D eigenvalue weighted by Gasteiger charge is -2.12. The smallest absolute Gasteiger partial charge is 0.0774 e. The van der Waals surface area contributed by atoms with Gasteiger partial charge in [-0.1, -0.05) is 90.5 Å². The Morgan fingerprint density at radius 2 is 1.33 bits per heavy atom. The normalized spacial score (nSPS) is 10.5. The standard InChI is InChI=1S/C17H15B/c1-18(15-10-3-2-4-11-15)17-13-7-9-14-8-5-6-12-16(14)17/h2-13H,1H3. The Hall–Kier alpha value is -2.02. The first-order valence-corrected chi connectivity index (χ1v) is 6.39. The Morgan fingerprint density at radius 3 is 2.17 bits per heavy atom. The predicted octanol–water partition coefficient (Wildman–Crippen LogP) is 3.08. The van der Waals surface area contributed by atoms with Gasteiger partial charge >= 0.3 is 0 Å². The van der Waals surface area contributed by atoms with E-state index in [1.807, 2.05) is 0 Å². The molecule has 0 aliphatic rings. The lowest BCUT2D eigenvalue weighted by atomic mass is 9.42. The summed E-state index contributed by atoms with van der Waals surface area (Å²) in [5, 5.41) is 2.68. The fraction of sp³-hybridized carbons (Fsp3) is 0.0588. The monoisotopic (exact) mass is 230 g/mol. The molecule has 0 atom stereocenters. The lowest BCUT2D eigenvalue weighted by molar-refractivity contribution is 1.74. The molecule has 0 aliphatic heterocycles. The number of hydrogen-bond acceptors (Lipinski definition) is 0. The first-order chi connectivity index (χ1) is 8.86. The van der Waals surface area contributed by atoms with Crippen molar-refractivity contribution < 1.29 is 0 Å². The second-order valence-corrected chi connectivity index (χ2v) is 4.70. The molecule has 0 N–H and O–H groups in total. The molecule has 0 spiro atoms. The van der Waals surface area contributed by atoms with Gasteiger partial charge in [-0.25, -0.2) is 0 Å². The van der Waals surface area contributed by atoms with Crippen molar-refractivity contribution in [3.05, 3.63) is 72.8 Å². The van der Waals surface area contributed by atoms with Gasteiger partial charge in [0.2, 0.25) is 6.71 Å². The molecule has 0 bridgehead atoms. The van der Waals surface area contributed by atoms with E-state index in [0.29, 0.717) is 6.71 Å². The largest absolute Gasteiger partial charge is 0.207 e. The molecule has 3 rings (SSSR count). The molecule has 0 amide bonds. The Kier molecular flexibility index (Phi) is 2.89. The summed E-state index contributed by atoms with van der Waals surface area (Å²) in [4.78, 5) is 0. The number of benzene rings is 3. The van der Waals surface area contributed by atoms with Crippen LogP contribution in [0.25, 0.3) is 10.8 Å². The maximum atomic E-state index is 2.27. The summed E-state index contributed by atoms with van der Waals surface area (Å²) in [6.45, 7) is 2.70. The summed E-state index contributed by atoms with van der Waals surface area (Å²) < 4.78 is 0. The molecule has 1 heteroatoms. The van der Waals surface area contributed by atoms with E-state index in [1.54, 1.807) is 0 Å². The Balaban J connectivity index is 2.15. The highest BCUT2D eigenvalue weighted by atomic mass is 14.0. The third-order valence-corrected chi connectivity index (χ3v) is 3.59. The van der Waals surface area contributed by atoms with Gasteiger partial charge in [0, 0.05) is 0 Å². The maximum absolute atomic E-state index is 2.27. The highest BCUT2D eigenvalue weighted by Crippen LogP contribution is 2.11. The van der Waals surface area contributed by atoms with Crippen LogP contribution in [-0.2, 0) is 0 Å². The maximum Gasteiger partial charge on any atom is 0.207 e. The van der Waals surface area contributed by atoms with E-state index in [2.05, 4.69) is 79.6 Å². The molecule has 0 fully saturated rings. The molecular weight excluding hydrogens is 215 g/mol. The molecule has 0 nitrogen and oxygen atoms in total. The van der Waals surface area contributed by atoms with Crippen molar-refractivity contribution in [1.29, 1.82) is 0 Å². The molecule has 3 aromatic rings. The molecule has 3 aromatic carbocycles. The summed E-state index contributed by atoms with van der Waals surface area (Å²) in [6, 6.07) is 25.9. The van der Waals surface area contributed by atoms with Gasteiger partial charge in [-0.15, -0.1) is 0 Å². The number of rotatable bonds is 2. The molecule has 0 aromatic heterocycles. The predicted molar refractivity (Wildman–Crippen MR) is 81.3 cm³/mol. The van der Waals surface area contributed by atoms with Gasteiger partial charge in [-0.05, 0) is 10.8 Å². The molecule has 0 saturated heterocycles. The highest BCUT2D eigenvalue weighted by Gasteiger charge is 2.14. The van der Waals surface area contributed by atoms with Crippen molar-refractivity contribution in [3.63, 3.8) is 0 Å². The van der Waals surface area contributed by atoms with Gasteiger partial charge in [0.05, 0.1) is 0 Å². The summed E-state index contributed by atoms with van der Waals surface area (Å²) >= 11 is 0. The van der Waals surface area contributed by atoms with Crippen molar-refractivity contribution >= 4 is 28.4 Å². The topological polar surface area (TPSA) is 0 Å². The fourth-order valence-electron chi connectivity index (χ4n) is 2.55. The minimum absolute atomic E-state index is 0.428. The van der Waals surface area contributed by atoms with Crippen LogP contribution in [-0.4, -0.2) is 6.71 Å². The zero-order valence-corrected chi connectivity index (χ0v) is 10.5. The van der Waals surface area contributed by atoms with Crippen LogP contribution in [0.2, 0.25) is 6.82 Å². The summed E-state index contributed by atoms with van der Waals surface area (Å²) in [6.07, 6.45) is 0. The second kappa shape index (κ2) is 4.69. The Morgan fingerprint density at radius 1 is 0.667 bits per heavy atom. The van der Waals surface area contributed by atoms with Crippen molar-refractivity contribution in [1.82, 2.24) is 0 Å². The van der Waals surface area contributed by atoms with E-state index < -0.39 is 0 Å². The van der Waals surface area contributed by atoms with Crippen LogP contribution in [0.5, 0.6) is 0 Å². The Bertz CT molecular complexity index is 653. The first kappa shape index (κ1) is 11.1. The van der Waals surface area contributed by atoms with Crippen LogP contribution in [0.15, 0.2) is 72.8 Å². The minimum Gasteiger partial charge on any atom is -0.0774 e. The molecule has 18 heavy (non-hydrogen) atoms. The molecule has 86 valence electrons. The molecule has 0 aliphatic carbocycles. The van der Waals surface area contributed by atoms with Crippen LogP contribution in [0.1, 0.15) is 0 Å². The average molecular weight is 230 g/mol. The van der Waals surface area contributed by atoms with Crippen molar-refractivity contribution in [3.8, 4) is 0 Å². The van der Waals surface area contributed by atoms with Crippen LogP contribution in [0.3, 0.4) is 0 Å². The van der Waals surface area contributed by atoms with Gasteiger partial charge in [-0.2, -0.15) is 0 Å². The molecule has 0 saturated carbocycles. The van der Waals surface area contributed by atoms with E-state index in [4.69, 9.17) is 0 Å². The van der Waals surface area contributed by atoms with Gasteiger partial charge in [-0.3, -0.25) is 0 Å². The lowest BCUT2D eigenvalue weighted by Crippen LogP contribution is -2.39. The van der Waals surface area contributed by atoms with Crippen molar-refractivity contribution in [2.75, 3.05) is 0 Å². The molecule has 0 unspecified atom stereocenters. The molecule has 0 heterocycles. The first-order valence-electron chi connectivity index (χ1n) is 6.39. The number of fused-ring (bicyclic) bond motifs is 1. The van der Waals surface area contributed by atoms with Gasteiger partial charge in [0.15, 0.2) is 0 Å². The van der Waals surface area contributed by atoms with E-state index in [9.17, 15) is 0 Å². The van der Waals surface area contributed by atoms with E-state index in [-0.39, 0.29) is 0 Å². The average Bonchev–Trinajstić information content (AvgIpc) is 2.47. The molecule has 0 radical (unpaired) electrons. The zero-order chi connectivity index (χ0) is 12.4. The van der Waals surface area contributed by atoms with Crippen molar-refractivity contribution in [2.24, 2.45) is 0 Å². The number of hydrogen-bond donors (Lipinski definition) is 0. The Labute approximate surface area is 108 Å². The zero-order valence-electron chi connectivity index (χ0n) is 10.5. The summed E-state index contributed by atoms with van der Waals surface area (Å²) in [5.41, 5.74) is 2.77. The van der Waals surface area contributed by atoms with E-state index in [1.165, 1.54) is 21.7 Å². The van der Waals surface area contributed by atoms with Crippen molar-refractivity contribution in [2.45, 2.75) is 6.82 Å². The van der Waals surface area contributed by atoms with Crippen LogP contribution >= 0.6 is 0 Å². The van der Waals surface area contributed by atoms with Crippen LogP contribution in [0.4, 0.5) is 0 Å². The third kappa shape index (κ3) is 1.93. The summed E-state index contributed by atoms with van der Waals surface area (Å²) in [7, 11) is 0. The fourth-order valence-corrected chi connectivity index (χ4v) is 2.55. The van der Waals surface area contributed by atoms with Gasteiger partial charge < -0.3 is 0 Å². The highest BCUT2D eigenvalue weighted by molar-refractivity contribution is 6.85. The quantitative estimate of drug-likeness (QED) is 0.593. The van der Waals surface area contributed by atoms with Gasteiger partial charge in [0.25, 0.3) is 0 Å². The van der Waals surface area contributed by atoms with Crippen LogP contribution < -0.4 is 10.9 Å². The summed E-state index contributed by atoms with van der Waals surface area (Å²) in [5.74, 6) is 0. The SMILES string of the molecule is CB(c1ccccc1)c1cccc2ccccc12. The molecular formula is C17H15B. The van der Waals surface area contributed by atoms with E-state index >= 15 is 0 Å². The van der Waals surface area contributed by atoms with Gasteiger partial charge in [0.1, 0.15) is 0 Å². The third-order valence-electron chi connectivity index (χ3n) is 3.59.